The van der Waals surface area contributed by atoms with Gasteiger partial charge in [-0.3, -0.25) is 9.59 Å². The maximum atomic E-state index is 11.0. The highest BCUT2D eigenvalue weighted by Crippen LogP contribution is 1.94. The Morgan fingerprint density at radius 2 is 1.25 bits per heavy atom. The molecule has 0 aliphatic carbocycles. The van der Waals surface area contributed by atoms with Gasteiger partial charge < -0.3 is 9.47 Å². The molecular formula is C12H20O4. The zero-order valence-corrected chi connectivity index (χ0v) is 10.0. The van der Waals surface area contributed by atoms with Crippen molar-refractivity contribution in [3.63, 3.8) is 0 Å². The van der Waals surface area contributed by atoms with E-state index in [4.69, 9.17) is 9.47 Å². The molecule has 0 N–H and O–H groups in total. The third kappa shape index (κ3) is 9.24. The molecule has 0 atom stereocenters. The zero-order chi connectivity index (χ0) is 12.2. The molecule has 0 spiro atoms. The molecule has 0 saturated heterocycles. The summed E-state index contributed by atoms with van der Waals surface area (Å²) in [6, 6.07) is 0. The highest BCUT2D eigenvalue weighted by atomic mass is 16.5. The Morgan fingerprint density at radius 1 is 0.875 bits per heavy atom. The second-order valence-corrected chi connectivity index (χ2v) is 3.32. The summed E-state index contributed by atoms with van der Waals surface area (Å²) >= 11 is 0. The van der Waals surface area contributed by atoms with Crippen LogP contribution in [-0.4, -0.2) is 25.2 Å². The van der Waals surface area contributed by atoms with E-state index in [2.05, 4.69) is 0 Å². The Kier molecular flexibility index (Phi) is 9.36. The van der Waals surface area contributed by atoms with Crippen LogP contribution in [0.1, 0.15) is 39.5 Å². The first-order valence-corrected chi connectivity index (χ1v) is 5.66. The van der Waals surface area contributed by atoms with Gasteiger partial charge in [-0.2, -0.15) is 0 Å². The van der Waals surface area contributed by atoms with Gasteiger partial charge >= 0.3 is 11.9 Å². The Balaban J connectivity index is 3.53. The van der Waals surface area contributed by atoms with Crippen molar-refractivity contribution in [3.8, 4) is 0 Å². The average molecular weight is 228 g/mol. The van der Waals surface area contributed by atoms with Gasteiger partial charge in [-0.1, -0.05) is 26.0 Å². The smallest absolute Gasteiger partial charge is 0.309 e. The molecule has 0 aliphatic heterocycles. The second kappa shape index (κ2) is 10.2. The van der Waals surface area contributed by atoms with Crippen molar-refractivity contribution in [2.75, 3.05) is 13.2 Å². The average Bonchev–Trinajstić information content (AvgIpc) is 2.29. The van der Waals surface area contributed by atoms with Gasteiger partial charge in [-0.05, 0) is 12.8 Å². The molecule has 0 amide bonds. The van der Waals surface area contributed by atoms with E-state index >= 15 is 0 Å². The van der Waals surface area contributed by atoms with Crippen LogP contribution >= 0.6 is 0 Å². The summed E-state index contributed by atoms with van der Waals surface area (Å²) in [4.78, 5) is 22.1. The molecule has 0 bridgehead atoms. The van der Waals surface area contributed by atoms with E-state index in [0.717, 1.165) is 12.8 Å². The number of hydrogen-bond donors (Lipinski definition) is 0. The lowest BCUT2D eigenvalue weighted by molar-refractivity contribution is -0.143. The maximum Gasteiger partial charge on any atom is 0.309 e. The highest BCUT2D eigenvalue weighted by Gasteiger charge is 2.00. The molecular weight excluding hydrogens is 208 g/mol. The Labute approximate surface area is 96.6 Å². The zero-order valence-electron chi connectivity index (χ0n) is 10.0. The first kappa shape index (κ1) is 14.7. The van der Waals surface area contributed by atoms with Crippen molar-refractivity contribution in [1.29, 1.82) is 0 Å². The Bertz CT molecular complexity index is 209. The van der Waals surface area contributed by atoms with Gasteiger partial charge in [0, 0.05) is 0 Å². The molecule has 0 unspecified atom stereocenters. The largest absolute Gasteiger partial charge is 0.465 e. The predicted octanol–water partition coefficient (Wildman–Crippen LogP) is 2.23. The first-order chi connectivity index (χ1) is 7.70. The minimum absolute atomic E-state index is 0.209. The number of rotatable bonds is 8. The summed E-state index contributed by atoms with van der Waals surface area (Å²) < 4.78 is 9.71. The van der Waals surface area contributed by atoms with E-state index in [1.54, 1.807) is 12.2 Å². The molecule has 0 aromatic rings. The second-order valence-electron chi connectivity index (χ2n) is 3.32. The third-order valence-corrected chi connectivity index (χ3v) is 1.67. The molecule has 92 valence electrons. The lowest BCUT2D eigenvalue weighted by Gasteiger charge is -2.00. The third-order valence-electron chi connectivity index (χ3n) is 1.67. The van der Waals surface area contributed by atoms with Gasteiger partial charge in [-0.25, -0.2) is 0 Å². The number of esters is 2. The van der Waals surface area contributed by atoms with Crippen LogP contribution in [0.4, 0.5) is 0 Å². The van der Waals surface area contributed by atoms with Gasteiger partial charge in [0.1, 0.15) is 0 Å². The topological polar surface area (TPSA) is 52.6 Å². The fraction of sp³-hybridized carbons (Fsp3) is 0.667. The van der Waals surface area contributed by atoms with Crippen LogP contribution in [0.3, 0.4) is 0 Å². The lowest BCUT2D eigenvalue weighted by atomic mass is 10.3. The Hall–Kier alpha value is -1.32. The normalized spacial score (nSPS) is 10.4. The quantitative estimate of drug-likeness (QED) is 0.472. The minimum atomic E-state index is -0.264. The van der Waals surface area contributed by atoms with Crippen molar-refractivity contribution in [1.82, 2.24) is 0 Å². The molecule has 16 heavy (non-hydrogen) atoms. The minimum Gasteiger partial charge on any atom is -0.465 e. The van der Waals surface area contributed by atoms with Crippen LogP contribution in [0.5, 0.6) is 0 Å². The van der Waals surface area contributed by atoms with E-state index in [9.17, 15) is 9.59 Å². The molecule has 0 aliphatic rings. The van der Waals surface area contributed by atoms with Gasteiger partial charge in [-0.15, -0.1) is 0 Å². The molecule has 0 radical (unpaired) electrons. The van der Waals surface area contributed by atoms with E-state index < -0.39 is 0 Å². The fourth-order valence-corrected chi connectivity index (χ4v) is 0.909. The monoisotopic (exact) mass is 228 g/mol. The molecule has 4 heteroatoms. The van der Waals surface area contributed by atoms with Gasteiger partial charge in [0.15, 0.2) is 0 Å². The van der Waals surface area contributed by atoms with Crippen molar-refractivity contribution in [2.45, 2.75) is 39.5 Å². The molecule has 0 aromatic carbocycles. The number of carbonyl (C=O) groups excluding carboxylic acids is 2. The number of hydrogen-bond acceptors (Lipinski definition) is 4. The van der Waals surface area contributed by atoms with Crippen LogP contribution < -0.4 is 0 Å². The first-order valence-electron chi connectivity index (χ1n) is 5.66. The maximum absolute atomic E-state index is 11.0. The molecule has 0 fully saturated rings. The predicted molar refractivity (Wildman–Crippen MR) is 60.9 cm³/mol. The molecule has 4 nitrogen and oxygen atoms in total. The summed E-state index contributed by atoms with van der Waals surface area (Å²) in [5.41, 5.74) is 0. The molecule has 0 heterocycles. The lowest BCUT2D eigenvalue weighted by Crippen LogP contribution is -2.04. The summed E-state index contributed by atoms with van der Waals surface area (Å²) in [7, 11) is 0. The van der Waals surface area contributed by atoms with Gasteiger partial charge in [0.05, 0.1) is 26.1 Å². The highest BCUT2D eigenvalue weighted by molar-refractivity contribution is 5.73. The molecule has 0 saturated carbocycles. The van der Waals surface area contributed by atoms with Gasteiger partial charge in [0.2, 0.25) is 0 Å². The van der Waals surface area contributed by atoms with Crippen molar-refractivity contribution >= 4 is 11.9 Å². The van der Waals surface area contributed by atoms with Crippen LogP contribution in [0.15, 0.2) is 12.2 Å². The van der Waals surface area contributed by atoms with E-state index in [1.165, 1.54) is 0 Å². The van der Waals surface area contributed by atoms with E-state index in [-0.39, 0.29) is 24.8 Å². The van der Waals surface area contributed by atoms with Crippen LogP contribution in [0.25, 0.3) is 0 Å². The number of carbonyl (C=O) groups is 2. The van der Waals surface area contributed by atoms with Gasteiger partial charge in [0.25, 0.3) is 0 Å². The van der Waals surface area contributed by atoms with E-state index in [1.807, 2.05) is 13.8 Å². The van der Waals surface area contributed by atoms with Crippen LogP contribution in [0.2, 0.25) is 0 Å². The van der Waals surface area contributed by atoms with Crippen molar-refractivity contribution in [3.05, 3.63) is 12.2 Å². The summed E-state index contributed by atoms with van der Waals surface area (Å²) in [5.74, 6) is -0.528. The summed E-state index contributed by atoms with van der Waals surface area (Å²) in [5, 5.41) is 0. The SMILES string of the molecule is CCCOC(=O)C/C=C/CC(=O)OCCC. The Morgan fingerprint density at radius 3 is 1.56 bits per heavy atom. The standard InChI is InChI=1S/C12H20O4/c1-3-9-15-11(13)7-5-6-8-12(14)16-10-4-2/h5-6H,3-4,7-10H2,1-2H3/b6-5+. The molecule has 0 aromatic heterocycles. The van der Waals surface area contributed by atoms with Crippen molar-refractivity contribution < 1.29 is 19.1 Å². The fourth-order valence-electron chi connectivity index (χ4n) is 0.909. The summed E-state index contributed by atoms with van der Waals surface area (Å²) in [6.45, 7) is 4.77. The van der Waals surface area contributed by atoms with Crippen molar-refractivity contribution in [2.24, 2.45) is 0 Å². The van der Waals surface area contributed by atoms with Crippen LogP contribution in [0, 0.1) is 0 Å². The van der Waals surface area contributed by atoms with Crippen LogP contribution in [-0.2, 0) is 19.1 Å². The van der Waals surface area contributed by atoms with E-state index in [0.29, 0.717) is 13.2 Å². The molecule has 0 rings (SSSR count). The summed E-state index contributed by atoms with van der Waals surface area (Å²) in [6.07, 6.45) is 5.32. The number of ether oxygens (including phenoxy) is 2.